The molecule has 6 nitrogen and oxygen atoms in total. The quantitative estimate of drug-likeness (QED) is 0.459. The van der Waals surface area contributed by atoms with Gasteiger partial charge in [0.25, 0.3) is 0 Å². The average Bonchev–Trinajstić information content (AvgIpc) is 2.81. The van der Waals surface area contributed by atoms with E-state index in [0.717, 1.165) is 69.3 Å². The Bertz CT molecular complexity index is 845. The second kappa shape index (κ2) is 12.4. The van der Waals surface area contributed by atoms with E-state index in [9.17, 15) is 4.39 Å². The Kier molecular flexibility index (Phi) is 9.28. The second-order valence-corrected chi connectivity index (χ2v) is 8.17. The maximum atomic E-state index is 14.6. The third-order valence-corrected chi connectivity index (χ3v) is 5.92. The molecule has 0 radical (unpaired) electrons. The van der Waals surface area contributed by atoms with E-state index in [4.69, 9.17) is 4.99 Å². The van der Waals surface area contributed by atoms with Crippen LogP contribution in [0.3, 0.4) is 0 Å². The molecule has 1 aromatic carbocycles. The maximum absolute atomic E-state index is 14.6. The van der Waals surface area contributed by atoms with Crippen molar-refractivity contribution in [2.24, 2.45) is 4.99 Å². The van der Waals surface area contributed by atoms with Crippen LogP contribution in [0.2, 0.25) is 0 Å². The van der Waals surface area contributed by atoms with Crippen molar-refractivity contribution in [2.45, 2.75) is 52.7 Å². The lowest BCUT2D eigenvalue weighted by molar-refractivity contribution is 0.196. The van der Waals surface area contributed by atoms with E-state index in [0.29, 0.717) is 18.3 Å². The van der Waals surface area contributed by atoms with Crippen LogP contribution in [0.1, 0.15) is 44.9 Å². The van der Waals surface area contributed by atoms with Gasteiger partial charge in [0.05, 0.1) is 17.9 Å². The van der Waals surface area contributed by atoms with E-state index in [-0.39, 0.29) is 5.82 Å². The lowest BCUT2D eigenvalue weighted by Gasteiger charge is -2.32. The molecular weight excluding hydrogens is 403 g/mol. The van der Waals surface area contributed by atoms with Crippen LogP contribution in [0.4, 0.5) is 10.1 Å². The molecule has 1 saturated heterocycles. The van der Waals surface area contributed by atoms with Crippen LogP contribution < -0.4 is 15.5 Å². The zero-order chi connectivity index (χ0) is 22.8. The number of pyridine rings is 1. The Hall–Kier alpha value is -2.67. The number of piperidine rings is 1. The molecule has 1 aliphatic rings. The van der Waals surface area contributed by atoms with Gasteiger partial charge in [0, 0.05) is 51.5 Å². The van der Waals surface area contributed by atoms with Gasteiger partial charge in [-0.05, 0) is 63.4 Å². The number of benzene rings is 1. The van der Waals surface area contributed by atoms with Crippen molar-refractivity contribution >= 4 is 11.6 Å². The first-order valence-corrected chi connectivity index (χ1v) is 11.8. The van der Waals surface area contributed by atoms with Gasteiger partial charge >= 0.3 is 0 Å². The smallest absolute Gasteiger partial charge is 0.191 e. The molecule has 2 heterocycles. The Labute approximate surface area is 191 Å². The van der Waals surface area contributed by atoms with Crippen molar-refractivity contribution in [2.75, 3.05) is 37.6 Å². The van der Waals surface area contributed by atoms with Crippen LogP contribution in [-0.4, -0.2) is 54.6 Å². The fourth-order valence-corrected chi connectivity index (χ4v) is 4.11. The normalized spacial score (nSPS) is 15.6. The van der Waals surface area contributed by atoms with Crippen LogP contribution in [0.25, 0.3) is 0 Å². The number of anilines is 1. The lowest BCUT2D eigenvalue weighted by atomic mass is 10.0. The lowest BCUT2D eigenvalue weighted by Crippen LogP contribution is -2.48. The Morgan fingerprint density at radius 1 is 1.16 bits per heavy atom. The van der Waals surface area contributed by atoms with Crippen molar-refractivity contribution in [3.63, 3.8) is 0 Å². The first-order chi connectivity index (χ1) is 15.6. The minimum Gasteiger partial charge on any atom is -0.370 e. The summed E-state index contributed by atoms with van der Waals surface area (Å²) in [5, 5.41) is 6.90. The number of hydrogen-bond donors (Lipinski definition) is 2. The summed E-state index contributed by atoms with van der Waals surface area (Å²) in [6.45, 7) is 11.9. The van der Waals surface area contributed by atoms with Gasteiger partial charge in [0.2, 0.25) is 0 Å². The van der Waals surface area contributed by atoms with Crippen LogP contribution >= 0.6 is 0 Å². The van der Waals surface area contributed by atoms with Gasteiger partial charge in [-0.15, -0.1) is 0 Å². The molecule has 0 spiro atoms. The number of guanidine groups is 1. The molecule has 0 unspecified atom stereocenters. The van der Waals surface area contributed by atoms with Crippen molar-refractivity contribution in [3.8, 4) is 0 Å². The molecule has 1 aromatic heterocycles. The summed E-state index contributed by atoms with van der Waals surface area (Å²) in [5.41, 5.74) is 2.65. The Morgan fingerprint density at radius 2 is 1.94 bits per heavy atom. The standard InChI is InChI=1S/C25H37FN6/c1-4-27-25(29-18-20-10-11-24(23(26)17-20)32(5-2)6-3)30-21-12-15-31(16-13-21)19-22-9-7-8-14-28-22/h7-11,14,17,21H,4-6,12-13,15-16,18-19H2,1-3H3,(H2,27,29,30). The largest absolute Gasteiger partial charge is 0.370 e. The molecule has 174 valence electrons. The van der Waals surface area contributed by atoms with Gasteiger partial charge in [0.1, 0.15) is 5.82 Å². The van der Waals surface area contributed by atoms with E-state index < -0.39 is 0 Å². The molecule has 0 saturated carbocycles. The predicted octanol–water partition coefficient (Wildman–Crippen LogP) is 3.79. The van der Waals surface area contributed by atoms with Crippen molar-refractivity contribution in [1.29, 1.82) is 0 Å². The van der Waals surface area contributed by atoms with Crippen LogP contribution in [0.5, 0.6) is 0 Å². The predicted molar refractivity (Wildman–Crippen MR) is 130 cm³/mol. The molecule has 2 aromatic rings. The van der Waals surface area contributed by atoms with Gasteiger partial charge in [-0.3, -0.25) is 9.88 Å². The summed E-state index contributed by atoms with van der Waals surface area (Å²) < 4.78 is 14.6. The number of nitrogens with zero attached hydrogens (tertiary/aromatic N) is 4. The van der Waals surface area contributed by atoms with E-state index >= 15 is 0 Å². The first kappa shape index (κ1) is 24.0. The van der Waals surface area contributed by atoms with E-state index in [1.807, 2.05) is 49.2 Å². The highest BCUT2D eigenvalue weighted by Crippen LogP contribution is 2.21. The number of halogens is 1. The minimum absolute atomic E-state index is 0.181. The van der Waals surface area contributed by atoms with Gasteiger partial charge < -0.3 is 15.5 Å². The van der Waals surface area contributed by atoms with Crippen LogP contribution in [0, 0.1) is 5.82 Å². The molecule has 0 amide bonds. The summed E-state index contributed by atoms with van der Waals surface area (Å²) in [5.74, 6) is 0.614. The topological polar surface area (TPSA) is 55.8 Å². The molecule has 2 N–H and O–H groups in total. The molecule has 7 heteroatoms. The zero-order valence-corrected chi connectivity index (χ0v) is 19.6. The number of rotatable bonds is 9. The summed E-state index contributed by atoms with van der Waals surface area (Å²) in [4.78, 5) is 13.6. The van der Waals surface area contributed by atoms with E-state index in [2.05, 4.69) is 33.5 Å². The number of aromatic nitrogens is 1. The Morgan fingerprint density at radius 3 is 2.56 bits per heavy atom. The van der Waals surface area contributed by atoms with Gasteiger partial charge in [0.15, 0.2) is 5.96 Å². The first-order valence-electron chi connectivity index (χ1n) is 11.8. The molecule has 1 aliphatic heterocycles. The summed E-state index contributed by atoms with van der Waals surface area (Å²) >= 11 is 0. The highest BCUT2D eigenvalue weighted by molar-refractivity contribution is 5.80. The third kappa shape index (κ3) is 6.92. The summed E-state index contributed by atoms with van der Waals surface area (Å²) in [7, 11) is 0. The highest BCUT2D eigenvalue weighted by atomic mass is 19.1. The summed E-state index contributed by atoms with van der Waals surface area (Å²) in [6, 6.07) is 11.9. The zero-order valence-electron chi connectivity index (χ0n) is 19.6. The van der Waals surface area contributed by atoms with Crippen molar-refractivity contribution < 1.29 is 4.39 Å². The van der Waals surface area contributed by atoms with Gasteiger partial charge in [-0.25, -0.2) is 9.38 Å². The number of aliphatic imine (C=N–C) groups is 1. The molecule has 0 aliphatic carbocycles. The molecule has 1 fully saturated rings. The fourth-order valence-electron chi connectivity index (χ4n) is 4.11. The van der Waals surface area contributed by atoms with Crippen LogP contribution in [0.15, 0.2) is 47.6 Å². The van der Waals surface area contributed by atoms with E-state index in [1.165, 1.54) is 0 Å². The number of nitrogens with one attached hydrogen (secondary N) is 2. The Balaban J connectivity index is 1.53. The maximum Gasteiger partial charge on any atom is 0.191 e. The second-order valence-electron chi connectivity index (χ2n) is 8.17. The van der Waals surface area contributed by atoms with Gasteiger partial charge in [-0.2, -0.15) is 0 Å². The number of hydrogen-bond acceptors (Lipinski definition) is 4. The number of likely N-dealkylation sites (tertiary alicyclic amines) is 1. The molecule has 0 bridgehead atoms. The van der Waals surface area contributed by atoms with Crippen LogP contribution in [-0.2, 0) is 13.1 Å². The molecule has 32 heavy (non-hydrogen) atoms. The minimum atomic E-state index is -0.181. The van der Waals surface area contributed by atoms with Crippen molar-refractivity contribution in [3.05, 3.63) is 59.7 Å². The van der Waals surface area contributed by atoms with Crippen molar-refractivity contribution in [1.82, 2.24) is 20.5 Å². The monoisotopic (exact) mass is 440 g/mol. The SMILES string of the molecule is CCNC(=NCc1ccc(N(CC)CC)c(F)c1)NC1CCN(Cc2ccccn2)CC1. The highest BCUT2D eigenvalue weighted by Gasteiger charge is 2.20. The van der Waals surface area contributed by atoms with Gasteiger partial charge in [-0.1, -0.05) is 12.1 Å². The summed E-state index contributed by atoms with van der Waals surface area (Å²) in [6.07, 6.45) is 3.97. The third-order valence-electron chi connectivity index (χ3n) is 5.92. The molecular formula is C25H37FN6. The van der Waals surface area contributed by atoms with E-state index in [1.54, 1.807) is 6.07 Å². The molecule has 0 atom stereocenters. The average molecular weight is 441 g/mol. The molecule has 3 rings (SSSR count). The fraction of sp³-hybridized carbons (Fsp3) is 0.520.